The van der Waals surface area contributed by atoms with Crippen molar-refractivity contribution in [3.63, 3.8) is 0 Å². The Morgan fingerprint density at radius 3 is 2.64 bits per heavy atom. The molecule has 1 aromatic heterocycles. The number of piperidine rings is 1. The Bertz CT molecular complexity index is 659. The molecule has 2 N–H and O–H groups in total. The van der Waals surface area contributed by atoms with Crippen LogP contribution in [-0.2, 0) is 4.74 Å². The summed E-state index contributed by atoms with van der Waals surface area (Å²) in [6, 6.07) is 1.88. The van der Waals surface area contributed by atoms with Crippen molar-refractivity contribution >= 4 is 17.8 Å². The van der Waals surface area contributed by atoms with Crippen molar-refractivity contribution in [2.45, 2.75) is 39.2 Å². The molecular formula is C19H32N6O3. The SMILES string of the molecule is CCOC(=O)N1CCC(Nc2cc(C(=O)NCCCN(C)C)nc(C)n2)CC1. The zero-order valence-corrected chi connectivity index (χ0v) is 17.3. The summed E-state index contributed by atoms with van der Waals surface area (Å²) in [5.74, 6) is 0.998. The van der Waals surface area contributed by atoms with E-state index in [-0.39, 0.29) is 18.0 Å². The van der Waals surface area contributed by atoms with E-state index in [1.807, 2.05) is 14.1 Å². The number of hydrogen-bond acceptors (Lipinski definition) is 7. The standard InChI is InChI=1S/C19H32N6O3/c1-5-28-19(27)25-11-7-15(8-12-25)23-17-13-16(21-14(2)22-17)18(26)20-9-6-10-24(3)4/h13,15H,5-12H2,1-4H3,(H,20,26)(H,21,22,23). The first-order valence-corrected chi connectivity index (χ1v) is 9.86. The van der Waals surface area contributed by atoms with Crippen molar-refractivity contribution in [1.82, 2.24) is 25.1 Å². The number of nitrogens with zero attached hydrogens (tertiary/aromatic N) is 4. The van der Waals surface area contributed by atoms with Crippen molar-refractivity contribution in [2.24, 2.45) is 0 Å². The minimum absolute atomic E-state index is 0.190. The van der Waals surface area contributed by atoms with Gasteiger partial charge in [0.1, 0.15) is 17.3 Å². The van der Waals surface area contributed by atoms with Crippen LogP contribution in [0, 0.1) is 6.92 Å². The van der Waals surface area contributed by atoms with Crippen LogP contribution in [0.3, 0.4) is 0 Å². The maximum absolute atomic E-state index is 12.4. The van der Waals surface area contributed by atoms with E-state index in [0.717, 1.165) is 25.8 Å². The molecule has 2 amide bonds. The zero-order chi connectivity index (χ0) is 20.5. The highest BCUT2D eigenvalue weighted by atomic mass is 16.6. The molecule has 1 aliphatic rings. The van der Waals surface area contributed by atoms with Gasteiger partial charge in [-0.15, -0.1) is 0 Å². The molecule has 156 valence electrons. The van der Waals surface area contributed by atoms with Crippen LogP contribution in [0.1, 0.15) is 42.5 Å². The van der Waals surface area contributed by atoms with Crippen LogP contribution in [0.5, 0.6) is 0 Å². The van der Waals surface area contributed by atoms with Gasteiger partial charge in [-0.25, -0.2) is 14.8 Å². The van der Waals surface area contributed by atoms with Crippen LogP contribution in [0.4, 0.5) is 10.6 Å². The number of carbonyl (C=O) groups is 2. The first-order chi connectivity index (χ1) is 13.4. The van der Waals surface area contributed by atoms with Crippen LogP contribution >= 0.6 is 0 Å². The van der Waals surface area contributed by atoms with Crippen molar-refractivity contribution in [3.05, 3.63) is 17.6 Å². The fourth-order valence-corrected chi connectivity index (χ4v) is 3.08. The highest BCUT2D eigenvalue weighted by molar-refractivity contribution is 5.92. The smallest absolute Gasteiger partial charge is 0.409 e. The molecule has 2 heterocycles. The van der Waals surface area contributed by atoms with Crippen molar-refractivity contribution in [2.75, 3.05) is 52.2 Å². The minimum atomic E-state index is -0.257. The van der Waals surface area contributed by atoms with E-state index in [4.69, 9.17) is 4.74 Å². The third-order valence-corrected chi connectivity index (χ3v) is 4.51. The van der Waals surface area contributed by atoms with Gasteiger partial charge >= 0.3 is 6.09 Å². The van der Waals surface area contributed by atoms with Gasteiger partial charge in [0.15, 0.2) is 0 Å². The summed E-state index contributed by atoms with van der Waals surface area (Å²) in [5, 5.41) is 6.27. The Kier molecular flexibility index (Phi) is 8.43. The summed E-state index contributed by atoms with van der Waals surface area (Å²) in [6.45, 7) is 6.77. The molecule has 28 heavy (non-hydrogen) atoms. The summed E-state index contributed by atoms with van der Waals surface area (Å²) in [6.07, 6.45) is 2.22. The molecule has 0 aromatic carbocycles. The Labute approximate surface area is 166 Å². The van der Waals surface area contributed by atoms with E-state index < -0.39 is 0 Å². The third-order valence-electron chi connectivity index (χ3n) is 4.51. The van der Waals surface area contributed by atoms with Gasteiger partial charge in [-0.05, 0) is 53.8 Å². The number of amides is 2. The quantitative estimate of drug-likeness (QED) is 0.647. The fraction of sp³-hybridized carbons (Fsp3) is 0.684. The second-order valence-corrected chi connectivity index (χ2v) is 7.20. The average molecular weight is 393 g/mol. The van der Waals surface area contributed by atoms with E-state index in [2.05, 4.69) is 25.5 Å². The molecule has 1 aliphatic heterocycles. The summed E-state index contributed by atoms with van der Waals surface area (Å²) >= 11 is 0. The molecule has 0 saturated carbocycles. The largest absolute Gasteiger partial charge is 0.450 e. The number of nitrogens with one attached hydrogen (secondary N) is 2. The number of carbonyl (C=O) groups excluding carboxylic acids is 2. The molecule has 2 rings (SSSR count). The molecule has 0 spiro atoms. The summed E-state index contributed by atoms with van der Waals surface area (Å²) in [7, 11) is 4.01. The Morgan fingerprint density at radius 2 is 2.00 bits per heavy atom. The summed E-state index contributed by atoms with van der Waals surface area (Å²) in [4.78, 5) is 36.6. The third kappa shape index (κ3) is 6.95. The number of rotatable bonds is 8. The van der Waals surface area contributed by atoms with E-state index >= 15 is 0 Å². The Hall–Kier alpha value is -2.42. The lowest BCUT2D eigenvalue weighted by Crippen LogP contribution is -2.42. The van der Waals surface area contributed by atoms with Crippen molar-refractivity contribution < 1.29 is 14.3 Å². The zero-order valence-electron chi connectivity index (χ0n) is 17.3. The van der Waals surface area contributed by atoms with Gasteiger partial charge in [0.25, 0.3) is 5.91 Å². The monoisotopic (exact) mass is 392 g/mol. The summed E-state index contributed by atoms with van der Waals surface area (Å²) < 4.78 is 5.04. The number of aryl methyl sites for hydroxylation is 1. The van der Waals surface area contributed by atoms with Gasteiger partial charge in [-0.1, -0.05) is 0 Å². The molecule has 1 saturated heterocycles. The van der Waals surface area contributed by atoms with E-state index in [1.54, 1.807) is 24.8 Å². The van der Waals surface area contributed by atoms with Crippen LogP contribution in [-0.4, -0.2) is 84.7 Å². The van der Waals surface area contributed by atoms with Crippen molar-refractivity contribution in [1.29, 1.82) is 0 Å². The number of hydrogen-bond donors (Lipinski definition) is 2. The molecule has 0 aliphatic carbocycles. The van der Waals surface area contributed by atoms with Crippen LogP contribution in [0.15, 0.2) is 6.07 Å². The van der Waals surface area contributed by atoms with Crippen LogP contribution in [0.2, 0.25) is 0 Å². The Morgan fingerprint density at radius 1 is 1.29 bits per heavy atom. The number of aromatic nitrogens is 2. The van der Waals surface area contributed by atoms with Crippen LogP contribution in [0.25, 0.3) is 0 Å². The molecule has 0 radical (unpaired) electrons. The summed E-state index contributed by atoms with van der Waals surface area (Å²) in [5.41, 5.74) is 0.365. The predicted molar refractivity (Wildman–Crippen MR) is 108 cm³/mol. The second kappa shape index (κ2) is 10.8. The number of ether oxygens (including phenoxy) is 1. The lowest BCUT2D eigenvalue weighted by Gasteiger charge is -2.31. The first kappa shape index (κ1) is 21.9. The minimum Gasteiger partial charge on any atom is -0.450 e. The van der Waals surface area contributed by atoms with Gasteiger partial charge in [0, 0.05) is 31.7 Å². The van der Waals surface area contributed by atoms with Gasteiger partial charge in [0.05, 0.1) is 6.61 Å². The molecular weight excluding hydrogens is 360 g/mol. The highest BCUT2D eigenvalue weighted by Crippen LogP contribution is 2.17. The lowest BCUT2D eigenvalue weighted by molar-refractivity contribution is 0.0944. The van der Waals surface area contributed by atoms with E-state index in [9.17, 15) is 9.59 Å². The number of anilines is 1. The fourth-order valence-electron chi connectivity index (χ4n) is 3.08. The number of likely N-dealkylation sites (tertiary alicyclic amines) is 1. The van der Waals surface area contributed by atoms with Gasteiger partial charge in [-0.3, -0.25) is 4.79 Å². The maximum atomic E-state index is 12.4. The molecule has 9 nitrogen and oxygen atoms in total. The molecule has 1 aromatic rings. The highest BCUT2D eigenvalue weighted by Gasteiger charge is 2.24. The topological polar surface area (TPSA) is 99.7 Å². The average Bonchev–Trinajstić information content (AvgIpc) is 2.65. The molecule has 1 fully saturated rings. The first-order valence-electron chi connectivity index (χ1n) is 9.86. The van der Waals surface area contributed by atoms with Gasteiger partial charge in [0.2, 0.25) is 0 Å². The van der Waals surface area contributed by atoms with Gasteiger partial charge in [-0.2, -0.15) is 0 Å². The van der Waals surface area contributed by atoms with E-state index in [0.29, 0.717) is 43.6 Å². The normalized spacial score (nSPS) is 14.8. The molecule has 0 bridgehead atoms. The predicted octanol–water partition coefficient (Wildman–Crippen LogP) is 1.50. The Balaban J connectivity index is 1.87. The van der Waals surface area contributed by atoms with Gasteiger partial charge < -0.3 is 25.2 Å². The van der Waals surface area contributed by atoms with Crippen LogP contribution < -0.4 is 10.6 Å². The van der Waals surface area contributed by atoms with Crippen molar-refractivity contribution in [3.8, 4) is 0 Å². The van der Waals surface area contributed by atoms with E-state index in [1.165, 1.54) is 0 Å². The molecule has 9 heteroatoms. The molecule has 0 unspecified atom stereocenters. The maximum Gasteiger partial charge on any atom is 0.409 e. The lowest BCUT2D eigenvalue weighted by atomic mass is 10.1. The molecule has 0 atom stereocenters. The second-order valence-electron chi connectivity index (χ2n) is 7.20.